The summed E-state index contributed by atoms with van der Waals surface area (Å²) in [5.41, 5.74) is 1.28. The van der Waals surface area contributed by atoms with Gasteiger partial charge in [0.15, 0.2) is 0 Å². The van der Waals surface area contributed by atoms with Crippen LogP contribution in [0.25, 0.3) is 0 Å². The van der Waals surface area contributed by atoms with Gasteiger partial charge in [-0.05, 0) is 50.0 Å². The van der Waals surface area contributed by atoms with E-state index in [0.717, 1.165) is 5.75 Å². The van der Waals surface area contributed by atoms with E-state index in [1.54, 1.807) is 7.11 Å². The van der Waals surface area contributed by atoms with E-state index >= 15 is 0 Å². The highest BCUT2D eigenvalue weighted by Crippen LogP contribution is 2.19. The highest BCUT2D eigenvalue weighted by Gasteiger charge is 2.09. The van der Waals surface area contributed by atoms with Crippen LogP contribution in [0.1, 0.15) is 31.9 Å². The van der Waals surface area contributed by atoms with E-state index in [-0.39, 0.29) is 0 Å². The molecular weight excluding hydrogens is 230 g/mol. The molecule has 0 saturated heterocycles. The van der Waals surface area contributed by atoms with Crippen LogP contribution in [0.15, 0.2) is 24.3 Å². The van der Waals surface area contributed by atoms with Gasteiger partial charge in [-0.1, -0.05) is 12.1 Å². The van der Waals surface area contributed by atoms with Gasteiger partial charge in [0.25, 0.3) is 0 Å². The van der Waals surface area contributed by atoms with Gasteiger partial charge in [0.1, 0.15) is 5.75 Å². The molecule has 1 rings (SSSR count). The second-order valence-corrected chi connectivity index (χ2v) is 5.33. The molecule has 1 N–H and O–H groups in total. The van der Waals surface area contributed by atoms with Crippen molar-refractivity contribution < 1.29 is 4.74 Å². The van der Waals surface area contributed by atoms with Crippen molar-refractivity contribution in [1.29, 1.82) is 0 Å². The SMILES string of the molecule is COc1cccc(C(C)NC(C)CCSC)c1. The summed E-state index contributed by atoms with van der Waals surface area (Å²) in [6.07, 6.45) is 3.35. The molecule has 0 fully saturated rings. The van der Waals surface area contributed by atoms with Crippen molar-refractivity contribution in [3.63, 3.8) is 0 Å². The normalized spacial score (nSPS) is 14.4. The van der Waals surface area contributed by atoms with Crippen molar-refractivity contribution in [2.24, 2.45) is 0 Å². The van der Waals surface area contributed by atoms with E-state index in [2.05, 4.69) is 37.6 Å². The second-order valence-electron chi connectivity index (χ2n) is 4.35. The van der Waals surface area contributed by atoms with Crippen LogP contribution in [-0.2, 0) is 0 Å². The van der Waals surface area contributed by atoms with Crippen LogP contribution >= 0.6 is 11.8 Å². The lowest BCUT2D eigenvalue weighted by atomic mass is 10.1. The van der Waals surface area contributed by atoms with Gasteiger partial charge in [0, 0.05) is 12.1 Å². The van der Waals surface area contributed by atoms with Crippen molar-refractivity contribution in [3.8, 4) is 5.75 Å². The Kier molecular flexibility index (Phi) is 6.45. The quantitative estimate of drug-likeness (QED) is 0.804. The van der Waals surface area contributed by atoms with Crippen LogP contribution in [0.4, 0.5) is 0 Å². The number of methoxy groups -OCH3 is 1. The topological polar surface area (TPSA) is 21.3 Å². The number of hydrogen-bond donors (Lipinski definition) is 1. The lowest BCUT2D eigenvalue weighted by Crippen LogP contribution is -2.29. The predicted molar refractivity (Wildman–Crippen MR) is 77.0 cm³/mol. The van der Waals surface area contributed by atoms with Crippen LogP contribution in [-0.4, -0.2) is 25.2 Å². The number of rotatable bonds is 7. The van der Waals surface area contributed by atoms with Gasteiger partial charge < -0.3 is 10.1 Å². The molecule has 0 heterocycles. The number of nitrogens with one attached hydrogen (secondary N) is 1. The maximum absolute atomic E-state index is 5.24. The first kappa shape index (κ1) is 14.4. The summed E-state index contributed by atoms with van der Waals surface area (Å²) in [7, 11) is 1.71. The summed E-state index contributed by atoms with van der Waals surface area (Å²) in [6.45, 7) is 4.44. The van der Waals surface area contributed by atoms with Crippen molar-refractivity contribution >= 4 is 11.8 Å². The fraction of sp³-hybridized carbons (Fsp3) is 0.571. The number of hydrogen-bond acceptors (Lipinski definition) is 3. The first-order valence-electron chi connectivity index (χ1n) is 6.06. The fourth-order valence-corrected chi connectivity index (χ4v) is 2.40. The van der Waals surface area contributed by atoms with E-state index in [1.165, 1.54) is 17.7 Å². The predicted octanol–water partition coefficient (Wildman–Crippen LogP) is 3.49. The van der Waals surface area contributed by atoms with Gasteiger partial charge >= 0.3 is 0 Å². The van der Waals surface area contributed by atoms with Gasteiger partial charge in [-0.15, -0.1) is 0 Å². The molecule has 2 unspecified atom stereocenters. The molecule has 0 saturated carbocycles. The summed E-state index contributed by atoms with van der Waals surface area (Å²) in [5, 5.41) is 3.61. The molecule has 0 aliphatic rings. The second kappa shape index (κ2) is 7.62. The largest absolute Gasteiger partial charge is 0.497 e. The molecule has 0 spiro atoms. The Bertz CT molecular complexity index is 330. The van der Waals surface area contributed by atoms with Gasteiger partial charge in [0.2, 0.25) is 0 Å². The van der Waals surface area contributed by atoms with Gasteiger partial charge in [-0.2, -0.15) is 11.8 Å². The molecule has 3 heteroatoms. The van der Waals surface area contributed by atoms with Crippen molar-refractivity contribution in [2.75, 3.05) is 19.1 Å². The minimum Gasteiger partial charge on any atom is -0.497 e. The van der Waals surface area contributed by atoms with Crippen molar-refractivity contribution in [2.45, 2.75) is 32.4 Å². The number of ether oxygens (including phenoxy) is 1. The maximum atomic E-state index is 5.24. The Hall–Kier alpha value is -0.670. The lowest BCUT2D eigenvalue weighted by Gasteiger charge is -2.20. The summed E-state index contributed by atoms with van der Waals surface area (Å²) < 4.78 is 5.24. The van der Waals surface area contributed by atoms with Crippen LogP contribution in [0.5, 0.6) is 5.75 Å². The Morgan fingerprint density at radius 1 is 1.35 bits per heavy atom. The molecule has 0 aliphatic carbocycles. The van der Waals surface area contributed by atoms with E-state index in [4.69, 9.17) is 4.74 Å². The number of thioether (sulfide) groups is 1. The molecule has 1 aromatic carbocycles. The molecule has 2 atom stereocenters. The first-order chi connectivity index (χ1) is 8.17. The zero-order chi connectivity index (χ0) is 12.7. The minimum atomic E-state index is 0.363. The summed E-state index contributed by atoms with van der Waals surface area (Å²) in [6, 6.07) is 9.16. The molecule has 2 nitrogen and oxygen atoms in total. The average molecular weight is 253 g/mol. The molecule has 0 aromatic heterocycles. The molecule has 17 heavy (non-hydrogen) atoms. The van der Waals surface area contributed by atoms with Crippen LogP contribution in [0.3, 0.4) is 0 Å². The summed E-state index contributed by atoms with van der Waals surface area (Å²) in [4.78, 5) is 0. The standard InChI is InChI=1S/C14H23NOS/c1-11(8-9-17-4)15-12(2)13-6-5-7-14(10-13)16-3/h5-7,10-12,15H,8-9H2,1-4H3. The lowest BCUT2D eigenvalue weighted by molar-refractivity contribution is 0.412. The Balaban J connectivity index is 2.53. The highest BCUT2D eigenvalue weighted by molar-refractivity contribution is 7.98. The van der Waals surface area contributed by atoms with Crippen LogP contribution in [0, 0.1) is 0 Å². The molecule has 96 valence electrons. The molecule has 0 bridgehead atoms. The third-order valence-corrected chi connectivity index (χ3v) is 3.53. The van der Waals surface area contributed by atoms with Crippen molar-refractivity contribution in [3.05, 3.63) is 29.8 Å². The third-order valence-electron chi connectivity index (χ3n) is 2.88. The monoisotopic (exact) mass is 253 g/mol. The average Bonchev–Trinajstić information content (AvgIpc) is 2.36. The Labute approximate surface area is 109 Å². The van der Waals surface area contributed by atoms with Gasteiger partial charge in [0.05, 0.1) is 7.11 Å². The summed E-state index contributed by atoms with van der Waals surface area (Å²) in [5.74, 6) is 2.13. The van der Waals surface area contributed by atoms with Crippen molar-refractivity contribution in [1.82, 2.24) is 5.32 Å². The smallest absolute Gasteiger partial charge is 0.119 e. The zero-order valence-corrected chi connectivity index (χ0v) is 12.0. The Morgan fingerprint density at radius 3 is 2.76 bits per heavy atom. The van der Waals surface area contributed by atoms with Crippen LogP contribution < -0.4 is 10.1 Å². The van der Waals surface area contributed by atoms with E-state index in [1.807, 2.05) is 23.9 Å². The number of benzene rings is 1. The maximum Gasteiger partial charge on any atom is 0.119 e. The minimum absolute atomic E-state index is 0.363. The van der Waals surface area contributed by atoms with Gasteiger partial charge in [-0.25, -0.2) is 0 Å². The van der Waals surface area contributed by atoms with E-state index < -0.39 is 0 Å². The molecular formula is C14H23NOS. The summed E-state index contributed by atoms with van der Waals surface area (Å²) >= 11 is 1.90. The van der Waals surface area contributed by atoms with Gasteiger partial charge in [-0.3, -0.25) is 0 Å². The zero-order valence-electron chi connectivity index (χ0n) is 11.2. The molecule has 0 amide bonds. The van der Waals surface area contributed by atoms with Crippen LogP contribution in [0.2, 0.25) is 0 Å². The molecule has 0 aliphatic heterocycles. The first-order valence-corrected chi connectivity index (χ1v) is 7.45. The highest BCUT2D eigenvalue weighted by atomic mass is 32.2. The van der Waals surface area contributed by atoms with E-state index in [0.29, 0.717) is 12.1 Å². The fourth-order valence-electron chi connectivity index (χ4n) is 1.81. The molecule has 0 radical (unpaired) electrons. The Morgan fingerprint density at radius 2 is 2.12 bits per heavy atom. The molecule has 1 aromatic rings. The van der Waals surface area contributed by atoms with E-state index in [9.17, 15) is 0 Å². The third kappa shape index (κ3) is 5.00.